The molecule has 0 saturated heterocycles. The van der Waals surface area contributed by atoms with E-state index in [4.69, 9.17) is 4.42 Å². The van der Waals surface area contributed by atoms with Gasteiger partial charge in [-0.25, -0.2) is 0 Å². The zero-order valence-electron chi connectivity index (χ0n) is 9.52. The molecule has 0 aliphatic rings. The topological polar surface area (TPSA) is 62.1 Å². The van der Waals surface area contributed by atoms with E-state index in [9.17, 15) is 4.79 Å². The van der Waals surface area contributed by atoms with Crippen molar-refractivity contribution in [3.05, 3.63) is 34.6 Å². The molecule has 0 spiro atoms. The number of fused-ring (bicyclic) bond motifs is 2. The number of oxazole rings is 1. The third-order valence-corrected chi connectivity index (χ3v) is 2.64. The number of hydrogen-bond donors (Lipinski definition) is 1. The summed E-state index contributed by atoms with van der Waals surface area (Å²) in [6, 6.07) is 5.58. The molecule has 2 heterocycles. The van der Waals surface area contributed by atoms with Crippen molar-refractivity contribution in [2.24, 2.45) is 0 Å². The van der Waals surface area contributed by atoms with Crippen LogP contribution < -0.4 is 10.3 Å². The molecule has 5 nitrogen and oxygen atoms in total. The van der Waals surface area contributed by atoms with Crippen LogP contribution in [0.3, 0.4) is 0 Å². The molecule has 0 aliphatic heterocycles. The van der Waals surface area contributed by atoms with Crippen LogP contribution in [0.4, 0.5) is 6.01 Å². The molecular weight excluding hydrogens is 218 g/mol. The van der Waals surface area contributed by atoms with Crippen molar-refractivity contribution in [2.45, 2.75) is 0 Å². The molecule has 0 aliphatic carbocycles. The lowest BCUT2D eigenvalue weighted by molar-refractivity contribution is 0.597. The minimum absolute atomic E-state index is 0.0246. The minimum Gasteiger partial charge on any atom is -0.423 e. The lowest BCUT2D eigenvalue weighted by Gasteiger charge is -2.03. The Morgan fingerprint density at radius 2 is 2.18 bits per heavy atom. The van der Waals surface area contributed by atoms with E-state index >= 15 is 0 Å². The van der Waals surface area contributed by atoms with Crippen LogP contribution >= 0.6 is 0 Å². The molecule has 2 aromatic heterocycles. The van der Waals surface area contributed by atoms with E-state index in [1.54, 1.807) is 17.2 Å². The first-order valence-electron chi connectivity index (χ1n) is 5.24. The summed E-state index contributed by atoms with van der Waals surface area (Å²) in [5.74, 6) is 0. The number of pyridine rings is 1. The third-order valence-electron chi connectivity index (χ3n) is 2.64. The molecule has 3 rings (SSSR count). The number of rotatable bonds is 1. The summed E-state index contributed by atoms with van der Waals surface area (Å²) in [7, 11) is 3.71. The average molecular weight is 229 g/mol. The van der Waals surface area contributed by atoms with Crippen LogP contribution in [-0.4, -0.2) is 24.1 Å². The zero-order chi connectivity index (χ0) is 12.0. The van der Waals surface area contributed by atoms with Crippen LogP contribution in [0.15, 0.2) is 33.6 Å². The number of nitrogens with one attached hydrogen (secondary N) is 1. The molecule has 0 amide bonds. The molecule has 86 valence electrons. The first kappa shape index (κ1) is 9.89. The van der Waals surface area contributed by atoms with Gasteiger partial charge in [0.25, 0.3) is 6.01 Å². The second-order valence-corrected chi connectivity index (χ2v) is 4.10. The first-order chi connectivity index (χ1) is 8.15. The van der Waals surface area contributed by atoms with Crippen molar-refractivity contribution < 1.29 is 4.42 Å². The normalized spacial score (nSPS) is 11.2. The summed E-state index contributed by atoms with van der Waals surface area (Å²) in [6.45, 7) is 0. The monoisotopic (exact) mass is 229 g/mol. The molecule has 1 N–H and O–H groups in total. The van der Waals surface area contributed by atoms with Crippen LogP contribution in [0.1, 0.15) is 0 Å². The smallest absolute Gasteiger partial charge is 0.297 e. The fourth-order valence-electron chi connectivity index (χ4n) is 1.77. The van der Waals surface area contributed by atoms with Gasteiger partial charge < -0.3 is 14.3 Å². The summed E-state index contributed by atoms with van der Waals surface area (Å²) in [5.41, 5.74) is 2.10. The lowest BCUT2D eigenvalue weighted by atomic mass is 10.2. The van der Waals surface area contributed by atoms with Gasteiger partial charge in [0, 0.05) is 31.7 Å². The molecule has 0 saturated carbocycles. The van der Waals surface area contributed by atoms with E-state index in [0.29, 0.717) is 17.0 Å². The zero-order valence-corrected chi connectivity index (χ0v) is 9.52. The van der Waals surface area contributed by atoms with Gasteiger partial charge in [-0.2, -0.15) is 4.98 Å². The SMILES string of the molecule is CN(C)c1nc2cc3[nH]ccc(=O)c3cc2o1. The highest BCUT2D eigenvalue weighted by Crippen LogP contribution is 2.23. The molecule has 3 aromatic rings. The largest absolute Gasteiger partial charge is 0.423 e. The van der Waals surface area contributed by atoms with Crippen molar-refractivity contribution in [3.8, 4) is 0 Å². The second-order valence-electron chi connectivity index (χ2n) is 4.10. The number of benzene rings is 1. The Labute approximate surface area is 96.7 Å². The van der Waals surface area contributed by atoms with E-state index in [2.05, 4.69) is 9.97 Å². The number of aromatic nitrogens is 2. The second kappa shape index (κ2) is 3.35. The molecule has 0 fully saturated rings. The maximum atomic E-state index is 11.7. The Hall–Kier alpha value is -2.30. The van der Waals surface area contributed by atoms with E-state index in [1.807, 2.05) is 20.2 Å². The molecule has 17 heavy (non-hydrogen) atoms. The van der Waals surface area contributed by atoms with Crippen molar-refractivity contribution >= 4 is 28.0 Å². The van der Waals surface area contributed by atoms with Crippen molar-refractivity contribution in [1.29, 1.82) is 0 Å². The quantitative estimate of drug-likeness (QED) is 0.690. The number of aromatic amines is 1. The van der Waals surface area contributed by atoms with E-state index in [-0.39, 0.29) is 5.43 Å². The van der Waals surface area contributed by atoms with Gasteiger partial charge in [0.2, 0.25) is 0 Å². The Morgan fingerprint density at radius 3 is 2.94 bits per heavy atom. The summed E-state index contributed by atoms with van der Waals surface area (Å²) < 4.78 is 5.55. The standard InChI is InChI=1S/C12H11N3O2/c1-15(2)12-14-9-6-8-7(5-11(9)17-12)10(16)3-4-13-8/h3-6H,1-2H3,(H,13,16). The first-order valence-corrected chi connectivity index (χ1v) is 5.24. The molecule has 0 radical (unpaired) electrons. The van der Waals surface area contributed by atoms with Gasteiger partial charge >= 0.3 is 0 Å². The minimum atomic E-state index is -0.0246. The van der Waals surface area contributed by atoms with Gasteiger partial charge in [-0.3, -0.25) is 4.79 Å². The maximum Gasteiger partial charge on any atom is 0.297 e. The fourth-order valence-corrected chi connectivity index (χ4v) is 1.77. The third kappa shape index (κ3) is 1.47. The fraction of sp³-hybridized carbons (Fsp3) is 0.167. The van der Waals surface area contributed by atoms with Crippen molar-refractivity contribution in [3.63, 3.8) is 0 Å². The summed E-state index contributed by atoms with van der Waals surface area (Å²) in [5, 5.41) is 0.612. The van der Waals surface area contributed by atoms with Crippen LogP contribution in [0.25, 0.3) is 22.0 Å². The van der Waals surface area contributed by atoms with Crippen LogP contribution in [0, 0.1) is 0 Å². The maximum absolute atomic E-state index is 11.7. The van der Waals surface area contributed by atoms with Gasteiger partial charge in [0.1, 0.15) is 5.52 Å². The number of anilines is 1. The Balaban J connectivity index is 2.40. The predicted octanol–water partition coefficient (Wildman–Crippen LogP) is 1.74. The van der Waals surface area contributed by atoms with Crippen LogP contribution in [0.2, 0.25) is 0 Å². The Morgan fingerprint density at radius 1 is 1.35 bits per heavy atom. The van der Waals surface area contributed by atoms with Gasteiger partial charge in [-0.05, 0) is 12.1 Å². The Kier molecular flexibility index (Phi) is 1.95. The van der Waals surface area contributed by atoms with E-state index < -0.39 is 0 Å². The molecule has 5 heteroatoms. The van der Waals surface area contributed by atoms with Gasteiger partial charge in [0.05, 0.1) is 5.52 Å². The van der Waals surface area contributed by atoms with Crippen LogP contribution in [0.5, 0.6) is 0 Å². The van der Waals surface area contributed by atoms with E-state index in [0.717, 1.165) is 11.0 Å². The highest BCUT2D eigenvalue weighted by Gasteiger charge is 2.09. The molecule has 0 unspecified atom stereocenters. The summed E-state index contributed by atoms with van der Waals surface area (Å²) >= 11 is 0. The molecule has 0 atom stereocenters. The highest BCUT2D eigenvalue weighted by molar-refractivity contribution is 5.92. The lowest BCUT2D eigenvalue weighted by Crippen LogP contribution is -2.08. The number of H-pyrrole nitrogens is 1. The average Bonchev–Trinajstić information content (AvgIpc) is 2.70. The molecule has 1 aromatic carbocycles. The van der Waals surface area contributed by atoms with Crippen molar-refractivity contribution in [1.82, 2.24) is 9.97 Å². The number of nitrogens with zero attached hydrogens (tertiary/aromatic N) is 2. The van der Waals surface area contributed by atoms with Crippen molar-refractivity contribution in [2.75, 3.05) is 19.0 Å². The molecule has 0 bridgehead atoms. The molecular formula is C12H11N3O2. The number of hydrogen-bond acceptors (Lipinski definition) is 4. The summed E-state index contributed by atoms with van der Waals surface area (Å²) in [4.78, 5) is 20.8. The Bertz CT molecular complexity index is 755. The highest BCUT2D eigenvalue weighted by atomic mass is 16.4. The summed E-state index contributed by atoms with van der Waals surface area (Å²) in [6.07, 6.45) is 1.63. The predicted molar refractivity (Wildman–Crippen MR) is 66.5 cm³/mol. The van der Waals surface area contributed by atoms with Crippen LogP contribution in [-0.2, 0) is 0 Å². The van der Waals surface area contributed by atoms with Gasteiger partial charge in [0.15, 0.2) is 11.0 Å². The van der Waals surface area contributed by atoms with Gasteiger partial charge in [-0.1, -0.05) is 0 Å². The van der Waals surface area contributed by atoms with Gasteiger partial charge in [-0.15, -0.1) is 0 Å². The van der Waals surface area contributed by atoms with E-state index in [1.165, 1.54) is 6.07 Å².